The standard InChI is InChI=1S/C12H13N5O/c1-8-2-3-10(15-7-8)16-12(18)9-4-5-14-11(6-9)17-13/h2-7H,13H2,1H3,(H,14,17)(H,15,16,18). The predicted octanol–water partition coefficient (Wildman–Crippen LogP) is 1.32. The fraction of sp³-hybridized carbons (Fsp3) is 0.0833. The average Bonchev–Trinajstić information content (AvgIpc) is 2.41. The van der Waals surface area contributed by atoms with Crippen LogP contribution in [0.25, 0.3) is 0 Å². The number of nitrogens with one attached hydrogen (secondary N) is 2. The van der Waals surface area contributed by atoms with Gasteiger partial charge >= 0.3 is 0 Å². The van der Waals surface area contributed by atoms with E-state index in [1.54, 1.807) is 24.4 Å². The Morgan fingerprint density at radius 3 is 2.72 bits per heavy atom. The summed E-state index contributed by atoms with van der Waals surface area (Å²) < 4.78 is 0. The van der Waals surface area contributed by atoms with Gasteiger partial charge in [-0.05, 0) is 30.7 Å². The zero-order valence-electron chi connectivity index (χ0n) is 9.84. The molecule has 1 amide bonds. The first kappa shape index (κ1) is 12.0. The molecule has 0 unspecified atom stereocenters. The van der Waals surface area contributed by atoms with Crippen molar-refractivity contribution in [3.8, 4) is 0 Å². The van der Waals surface area contributed by atoms with E-state index < -0.39 is 0 Å². The fourth-order valence-electron chi connectivity index (χ4n) is 1.38. The molecule has 0 saturated heterocycles. The van der Waals surface area contributed by atoms with Crippen LogP contribution in [0.3, 0.4) is 0 Å². The van der Waals surface area contributed by atoms with Gasteiger partial charge in [0, 0.05) is 18.0 Å². The molecule has 0 aliphatic carbocycles. The van der Waals surface area contributed by atoms with Crippen molar-refractivity contribution in [3.05, 3.63) is 47.8 Å². The molecule has 2 heterocycles. The third kappa shape index (κ3) is 2.80. The number of amides is 1. The SMILES string of the molecule is Cc1ccc(NC(=O)c2ccnc(NN)c2)nc1. The minimum absolute atomic E-state index is 0.259. The number of aromatic nitrogens is 2. The Morgan fingerprint density at radius 2 is 2.06 bits per heavy atom. The Morgan fingerprint density at radius 1 is 1.22 bits per heavy atom. The Bertz CT molecular complexity index is 553. The van der Waals surface area contributed by atoms with E-state index in [1.165, 1.54) is 6.20 Å². The third-order valence-corrected chi connectivity index (χ3v) is 2.32. The smallest absolute Gasteiger partial charge is 0.257 e. The number of nitrogens with zero attached hydrogens (tertiary/aromatic N) is 2. The van der Waals surface area contributed by atoms with E-state index in [0.29, 0.717) is 17.2 Å². The number of rotatable bonds is 3. The lowest BCUT2D eigenvalue weighted by Gasteiger charge is -2.05. The van der Waals surface area contributed by atoms with Gasteiger partial charge in [0.1, 0.15) is 11.6 Å². The summed E-state index contributed by atoms with van der Waals surface area (Å²) in [4.78, 5) is 19.9. The number of anilines is 2. The second-order valence-corrected chi connectivity index (χ2v) is 3.75. The molecule has 0 fully saturated rings. The first-order valence-corrected chi connectivity index (χ1v) is 5.36. The monoisotopic (exact) mass is 243 g/mol. The fourth-order valence-corrected chi connectivity index (χ4v) is 1.38. The lowest BCUT2D eigenvalue weighted by Crippen LogP contribution is -2.15. The summed E-state index contributed by atoms with van der Waals surface area (Å²) in [5.41, 5.74) is 3.88. The first-order valence-electron chi connectivity index (χ1n) is 5.36. The van der Waals surface area contributed by atoms with E-state index in [4.69, 9.17) is 5.84 Å². The van der Waals surface area contributed by atoms with Crippen molar-refractivity contribution in [3.63, 3.8) is 0 Å². The van der Waals surface area contributed by atoms with Crippen LogP contribution >= 0.6 is 0 Å². The van der Waals surface area contributed by atoms with Crippen LogP contribution in [0.4, 0.5) is 11.6 Å². The molecule has 2 aromatic rings. The highest BCUT2D eigenvalue weighted by Gasteiger charge is 2.07. The van der Waals surface area contributed by atoms with Gasteiger partial charge in [-0.15, -0.1) is 0 Å². The highest BCUT2D eigenvalue weighted by atomic mass is 16.1. The van der Waals surface area contributed by atoms with Gasteiger partial charge in [-0.1, -0.05) is 6.07 Å². The summed E-state index contributed by atoms with van der Waals surface area (Å²) >= 11 is 0. The quantitative estimate of drug-likeness (QED) is 0.558. The molecule has 0 aliphatic heterocycles. The zero-order valence-corrected chi connectivity index (χ0v) is 9.84. The second kappa shape index (κ2) is 5.24. The molecule has 18 heavy (non-hydrogen) atoms. The van der Waals surface area contributed by atoms with Crippen LogP contribution in [0.5, 0.6) is 0 Å². The van der Waals surface area contributed by atoms with Gasteiger partial charge in [-0.25, -0.2) is 15.8 Å². The summed E-state index contributed by atoms with van der Waals surface area (Å²) in [7, 11) is 0. The van der Waals surface area contributed by atoms with Crippen LogP contribution in [0, 0.1) is 6.92 Å². The van der Waals surface area contributed by atoms with Gasteiger partial charge < -0.3 is 10.7 Å². The molecule has 0 aromatic carbocycles. The highest BCUT2D eigenvalue weighted by Crippen LogP contribution is 2.09. The van der Waals surface area contributed by atoms with E-state index in [2.05, 4.69) is 20.7 Å². The maximum Gasteiger partial charge on any atom is 0.257 e. The maximum atomic E-state index is 11.9. The second-order valence-electron chi connectivity index (χ2n) is 3.75. The van der Waals surface area contributed by atoms with Crippen molar-refractivity contribution in [2.75, 3.05) is 10.7 Å². The van der Waals surface area contributed by atoms with Crippen molar-refractivity contribution in [2.24, 2.45) is 5.84 Å². The number of carbonyl (C=O) groups is 1. The van der Waals surface area contributed by atoms with Crippen molar-refractivity contribution < 1.29 is 4.79 Å². The summed E-state index contributed by atoms with van der Waals surface area (Å²) in [6, 6.07) is 6.78. The topological polar surface area (TPSA) is 92.9 Å². The molecule has 0 saturated carbocycles. The molecule has 0 bridgehead atoms. The highest BCUT2D eigenvalue weighted by molar-refractivity contribution is 6.04. The summed E-state index contributed by atoms with van der Waals surface area (Å²) in [6.07, 6.45) is 3.20. The number of hydrazine groups is 1. The molecule has 0 radical (unpaired) electrons. The van der Waals surface area contributed by atoms with Crippen molar-refractivity contribution in [2.45, 2.75) is 6.92 Å². The van der Waals surface area contributed by atoms with E-state index >= 15 is 0 Å². The van der Waals surface area contributed by atoms with Crippen molar-refractivity contribution in [1.82, 2.24) is 9.97 Å². The lowest BCUT2D eigenvalue weighted by molar-refractivity contribution is 0.102. The van der Waals surface area contributed by atoms with Gasteiger partial charge in [0.2, 0.25) is 0 Å². The third-order valence-electron chi connectivity index (χ3n) is 2.32. The molecule has 92 valence electrons. The first-order chi connectivity index (χ1) is 8.69. The molecule has 2 aromatic heterocycles. The Balaban J connectivity index is 2.14. The number of pyridine rings is 2. The van der Waals surface area contributed by atoms with Gasteiger partial charge in [-0.3, -0.25) is 4.79 Å². The lowest BCUT2D eigenvalue weighted by atomic mass is 10.2. The Hall–Kier alpha value is -2.47. The number of carbonyl (C=O) groups excluding carboxylic acids is 1. The summed E-state index contributed by atoms with van der Waals surface area (Å²) in [5, 5.41) is 2.69. The van der Waals surface area contributed by atoms with Crippen LogP contribution < -0.4 is 16.6 Å². The molecule has 4 N–H and O–H groups in total. The van der Waals surface area contributed by atoms with Crippen LogP contribution in [0.2, 0.25) is 0 Å². The molecular formula is C12H13N5O. The number of nitrogens with two attached hydrogens (primary N) is 1. The number of hydrogen-bond donors (Lipinski definition) is 3. The normalized spacial score (nSPS) is 9.89. The predicted molar refractivity (Wildman–Crippen MR) is 69.0 cm³/mol. The zero-order chi connectivity index (χ0) is 13.0. The van der Waals surface area contributed by atoms with Gasteiger partial charge in [-0.2, -0.15) is 0 Å². The van der Waals surface area contributed by atoms with E-state index in [1.807, 2.05) is 13.0 Å². The minimum atomic E-state index is -0.259. The number of aryl methyl sites for hydroxylation is 1. The summed E-state index contributed by atoms with van der Waals surface area (Å²) in [6.45, 7) is 1.93. The van der Waals surface area contributed by atoms with Crippen LogP contribution in [0.1, 0.15) is 15.9 Å². The van der Waals surface area contributed by atoms with Crippen LogP contribution in [0.15, 0.2) is 36.7 Å². The Labute approximate surface area is 104 Å². The van der Waals surface area contributed by atoms with E-state index in [-0.39, 0.29) is 5.91 Å². The van der Waals surface area contributed by atoms with Gasteiger partial charge in [0.05, 0.1) is 0 Å². The molecule has 0 atom stereocenters. The molecular weight excluding hydrogens is 230 g/mol. The Kier molecular flexibility index (Phi) is 3.49. The van der Waals surface area contributed by atoms with Gasteiger partial charge in [0.15, 0.2) is 0 Å². The largest absolute Gasteiger partial charge is 0.308 e. The van der Waals surface area contributed by atoms with Crippen molar-refractivity contribution in [1.29, 1.82) is 0 Å². The molecule has 6 nitrogen and oxygen atoms in total. The minimum Gasteiger partial charge on any atom is -0.308 e. The van der Waals surface area contributed by atoms with Gasteiger partial charge in [0.25, 0.3) is 5.91 Å². The van der Waals surface area contributed by atoms with E-state index in [0.717, 1.165) is 5.56 Å². The van der Waals surface area contributed by atoms with Crippen molar-refractivity contribution >= 4 is 17.5 Å². The molecule has 6 heteroatoms. The molecule has 0 spiro atoms. The van der Waals surface area contributed by atoms with Crippen LogP contribution in [-0.4, -0.2) is 15.9 Å². The van der Waals surface area contributed by atoms with E-state index in [9.17, 15) is 4.79 Å². The van der Waals surface area contributed by atoms with Crippen LogP contribution in [-0.2, 0) is 0 Å². The number of nitrogen functional groups attached to an aromatic ring is 1. The number of hydrogen-bond acceptors (Lipinski definition) is 5. The summed E-state index contributed by atoms with van der Waals surface area (Å²) in [5.74, 6) is 5.91. The molecule has 2 rings (SSSR count). The molecule has 0 aliphatic rings. The average molecular weight is 243 g/mol. The maximum absolute atomic E-state index is 11.9.